The molecule has 0 unspecified atom stereocenters. The molecule has 4 rings (SSSR count). The molecule has 4 heterocycles. The van der Waals surface area contributed by atoms with Crippen molar-refractivity contribution in [3.63, 3.8) is 0 Å². The summed E-state index contributed by atoms with van der Waals surface area (Å²) in [5.41, 5.74) is -0.173. The van der Waals surface area contributed by atoms with Gasteiger partial charge in [-0.15, -0.1) is 10.2 Å². The fraction of sp³-hybridized carbons (Fsp3) is 0.688. The molecule has 2 aliphatic heterocycles. The second kappa shape index (κ2) is 6.45. The summed E-state index contributed by atoms with van der Waals surface area (Å²) in [5.74, 6) is 2.47. The van der Waals surface area contributed by atoms with Crippen LogP contribution in [-0.2, 0) is 37.3 Å². The van der Waals surface area contributed by atoms with Crippen LogP contribution >= 0.6 is 0 Å². The van der Waals surface area contributed by atoms with E-state index in [9.17, 15) is 9.59 Å². The Labute approximate surface area is 145 Å². The maximum absolute atomic E-state index is 12.4. The van der Waals surface area contributed by atoms with Gasteiger partial charge in [0.1, 0.15) is 24.0 Å². The Bertz CT molecular complexity index is 847. The molecule has 0 aromatic carbocycles. The summed E-state index contributed by atoms with van der Waals surface area (Å²) in [6, 6.07) is 0.0332. The minimum atomic E-state index is -0.173. The third-order valence-corrected chi connectivity index (χ3v) is 5.07. The van der Waals surface area contributed by atoms with E-state index in [1.54, 1.807) is 4.57 Å². The van der Waals surface area contributed by atoms with Crippen molar-refractivity contribution in [2.75, 3.05) is 0 Å². The van der Waals surface area contributed by atoms with E-state index < -0.39 is 0 Å². The van der Waals surface area contributed by atoms with E-state index in [1.807, 2.05) is 11.5 Å². The van der Waals surface area contributed by atoms with Crippen molar-refractivity contribution in [3.05, 3.63) is 28.0 Å². The zero-order valence-corrected chi connectivity index (χ0v) is 14.4. The number of carbonyl (C=O) groups excluding carboxylic acids is 1. The molecule has 1 N–H and O–H groups in total. The lowest BCUT2D eigenvalue weighted by molar-refractivity contribution is -0.122. The van der Waals surface area contributed by atoms with E-state index >= 15 is 0 Å². The zero-order valence-electron chi connectivity index (χ0n) is 14.4. The van der Waals surface area contributed by atoms with Crippen LogP contribution in [-0.4, -0.2) is 41.1 Å². The number of nitrogens with one attached hydrogen (secondary N) is 1. The van der Waals surface area contributed by atoms with Crippen molar-refractivity contribution in [2.45, 2.75) is 71.1 Å². The Hall–Kier alpha value is -2.45. The van der Waals surface area contributed by atoms with Gasteiger partial charge in [-0.1, -0.05) is 6.42 Å². The summed E-state index contributed by atoms with van der Waals surface area (Å²) >= 11 is 0. The maximum Gasteiger partial charge on any atom is 0.346 e. The van der Waals surface area contributed by atoms with Crippen LogP contribution in [0.4, 0.5) is 0 Å². The fourth-order valence-corrected chi connectivity index (χ4v) is 3.72. The van der Waals surface area contributed by atoms with Crippen LogP contribution in [0, 0.1) is 6.92 Å². The van der Waals surface area contributed by atoms with Crippen molar-refractivity contribution in [1.29, 1.82) is 0 Å². The number of carbonyl (C=O) groups is 1. The van der Waals surface area contributed by atoms with Gasteiger partial charge in [0.2, 0.25) is 5.91 Å². The highest BCUT2D eigenvalue weighted by Crippen LogP contribution is 2.14. The number of nitrogens with zero attached hydrogens (tertiary/aromatic N) is 6. The van der Waals surface area contributed by atoms with Crippen LogP contribution in [0.2, 0.25) is 0 Å². The number of amides is 1. The molecule has 0 saturated carbocycles. The third kappa shape index (κ3) is 3.10. The lowest BCUT2D eigenvalue weighted by Gasteiger charge is -2.24. The molecule has 134 valence electrons. The summed E-state index contributed by atoms with van der Waals surface area (Å²) in [5, 5.41) is 15.6. The second-order valence-electron chi connectivity index (χ2n) is 6.90. The molecule has 2 aromatic heterocycles. The first-order chi connectivity index (χ1) is 12.1. The van der Waals surface area contributed by atoms with E-state index in [0.29, 0.717) is 13.1 Å². The predicted octanol–water partition coefficient (Wildman–Crippen LogP) is -0.198. The van der Waals surface area contributed by atoms with Crippen molar-refractivity contribution >= 4 is 5.91 Å². The minimum Gasteiger partial charge on any atom is -0.350 e. The largest absolute Gasteiger partial charge is 0.350 e. The molecule has 0 radical (unpaired) electrons. The van der Waals surface area contributed by atoms with Gasteiger partial charge in [0, 0.05) is 32.0 Å². The molecule has 9 nitrogen and oxygen atoms in total. The molecule has 0 spiro atoms. The summed E-state index contributed by atoms with van der Waals surface area (Å²) in [7, 11) is 0. The lowest BCUT2D eigenvalue weighted by atomic mass is 10.1. The van der Waals surface area contributed by atoms with E-state index in [-0.39, 0.29) is 24.2 Å². The molecular formula is C16H23N7O2. The summed E-state index contributed by atoms with van der Waals surface area (Å²) < 4.78 is 5.06. The van der Waals surface area contributed by atoms with Crippen LogP contribution in [0.25, 0.3) is 0 Å². The second-order valence-corrected chi connectivity index (χ2v) is 6.90. The fourth-order valence-electron chi connectivity index (χ4n) is 3.72. The van der Waals surface area contributed by atoms with Gasteiger partial charge in [-0.05, 0) is 26.2 Å². The summed E-state index contributed by atoms with van der Waals surface area (Å²) in [4.78, 5) is 24.8. The number of fused-ring (bicyclic) bond motifs is 2. The molecule has 1 amide bonds. The Morgan fingerprint density at radius 3 is 2.92 bits per heavy atom. The van der Waals surface area contributed by atoms with Gasteiger partial charge in [-0.25, -0.2) is 9.48 Å². The van der Waals surface area contributed by atoms with Crippen LogP contribution in [0.5, 0.6) is 0 Å². The quantitative estimate of drug-likeness (QED) is 0.831. The molecule has 1 atom stereocenters. The highest BCUT2D eigenvalue weighted by atomic mass is 16.2. The van der Waals surface area contributed by atoms with E-state index in [1.165, 1.54) is 4.68 Å². The molecule has 25 heavy (non-hydrogen) atoms. The van der Waals surface area contributed by atoms with Gasteiger partial charge in [0.25, 0.3) is 0 Å². The van der Waals surface area contributed by atoms with Crippen molar-refractivity contribution in [2.24, 2.45) is 0 Å². The van der Waals surface area contributed by atoms with Gasteiger partial charge >= 0.3 is 5.69 Å². The van der Waals surface area contributed by atoms with Gasteiger partial charge < -0.3 is 9.88 Å². The first kappa shape index (κ1) is 16.0. The van der Waals surface area contributed by atoms with Crippen LogP contribution in [0.15, 0.2) is 4.79 Å². The van der Waals surface area contributed by atoms with Crippen LogP contribution in [0.1, 0.15) is 43.2 Å². The summed E-state index contributed by atoms with van der Waals surface area (Å²) in [6.45, 7) is 3.27. The molecular weight excluding hydrogens is 322 g/mol. The Kier molecular flexibility index (Phi) is 4.14. The Morgan fingerprint density at radius 1 is 1.16 bits per heavy atom. The van der Waals surface area contributed by atoms with Gasteiger partial charge in [0.05, 0.1) is 0 Å². The van der Waals surface area contributed by atoms with Crippen LogP contribution in [0.3, 0.4) is 0 Å². The maximum atomic E-state index is 12.4. The monoisotopic (exact) mass is 345 g/mol. The first-order valence-electron chi connectivity index (χ1n) is 8.96. The first-order valence-corrected chi connectivity index (χ1v) is 8.96. The lowest BCUT2D eigenvalue weighted by Crippen LogP contribution is -2.43. The average molecular weight is 345 g/mol. The van der Waals surface area contributed by atoms with Crippen molar-refractivity contribution < 1.29 is 4.79 Å². The number of rotatable bonds is 3. The van der Waals surface area contributed by atoms with Crippen LogP contribution < -0.4 is 11.0 Å². The van der Waals surface area contributed by atoms with Gasteiger partial charge in [-0.2, -0.15) is 5.10 Å². The van der Waals surface area contributed by atoms with Gasteiger partial charge in [0.15, 0.2) is 0 Å². The number of aryl methyl sites for hydroxylation is 3. The van der Waals surface area contributed by atoms with Crippen molar-refractivity contribution in [3.8, 4) is 0 Å². The standard InChI is InChI=1S/C16H23N7O2/c1-11-18-19-13-7-6-12(9-22(11)13)17-15(24)10-23-16(25)21-8-4-2-3-5-14(21)20-23/h12H,2-10H2,1H3,(H,17,24)/t12-/m1/s1. The zero-order chi connectivity index (χ0) is 17.4. The molecule has 0 aliphatic carbocycles. The van der Waals surface area contributed by atoms with E-state index in [0.717, 1.165) is 56.0 Å². The van der Waals surface area contributed by atoms with Gasteiger partial charge in [-0.3, -0.25) is 9.36 Å². The minimum absolute atomic E-state index is 0.0245. The molecule has 0 fully saturated rings. The third-order valence-electron chi connectivity index (χ3n) is 5.07. The van der Waals surface area contributed by atoms with E-state index in [2.05, 4.69) is 20.6 Å². The Morgan fingerprint density at radius 2 is 2.04 bits per heavy atom. The topological polar surface area (TPSA) is 99.6 Å². The number of aromatic nitrogens is 6. The Balaban J connectivity index is 1.42. The number of hydrogen-bond donors (Lipinski definition) is 1. The van der Waals surface area contributed by atoms with E-state index in [4.69, 9.17) is 0 Å². The summed E-state index contributed by atoms with van der Waals surface area (Å²) in [6.07, 6.45) is 5.60. The molecule has 9 heteroatoms. The molecule has 2 aromatic rings. The van der Waals surface area contributed by atoms with Crippen molar-refractivity contribution in [1.82, 2.24) is 34.4 Å². The highest BCUT2D eigenvalue weighted by molar-refractivity contribution is 5.75. The predicted molar refractivity (Wildman–Crippen MR) is 89.1 cm³/mol. The highest BCUT2D eigenvalue weighted by Gasteiger charge is 2.24. The molecule has 0 saturated heterocycles. The average Bonchev–Trinajstić information content (AvgIpc) is 2.99. The molecule has 2 aliphatic rings. The smallest absolute Gasteiger partial charge is 0.346 e. The SMILES string of the molecule is Cc1nnc2n1C[C@H](NC(=O)Cn1nc3n(c1=O)CCCCC3)CC2. The molecule has 0 bridgehead atoms. The number of hydrogen-bond acceptors (Lipinski definition) is 5. The normalized spacial score (nSPS) is 19.8.